The number of aliphatic hydroxyl groups excluding tert-OH is 1. The van der Waals surface area contributed by atoms with E-state index < -0.39 is 60.6 Å². The van der Waals surface area contributed by atoms with Gasteiger partial charge < -0.3 is 15.3 Å². The Labute approximate surface area is 200 Å². The van der Waals surface area contributed by atoms with Crippen LogP contribution >= 0.6 is 0 Å². The van der Waals surface area contributed by atoms with Gasteiger partial charge in [0.15, 0.2) is 0 Å². The zero-order valence-corrected chi connectivity index (χ0v) is 18.9. The summed E-state index contributed by atoms with van der Waals surface area (Å²) < 4.78 is 125. The molecule has 0 aromatic rings. The topological polar surface area (TPSA) is 60.7 Å². The first-order valence-electron chi connectivity index (χ1n) is 14.2. The molecule has 0 spiro atoms. The fourth-order valence-corrected chi connectivity index (χ4v) is 6.31. The molecule has 0 saturated heterocycles. The normalized spacial score (nSPS) is 35.1. The Morgan fingerprint density at radius 2 is 1.61 bits per heavy atom. The first kappa shape index (κ1) is 20.4. The Balaban J connectivity index is 2.45. The van der Waals surface area contributed by atoms with Crippen molar-refractivity contribution in [2.75, 3.05) is 0 Å². The SMILES string of the molecule is [2H]C([2H])([2H])C(O)(CCCC(C)(C/C=C\C(O)(C(F)(F)F)C(F)(F)F)[C@H]1CCC2[C@@H](O)CCC[C@@]21C)C([2H])([2H])[2H]. The Kier molecular flexibility index (Phi) is 5.77. The van der Waals surface area contributed by atoms with Crippen LogP contribution in [0.25, 0.3) is 0 Å². The minimum atomic E-state index is -6.04. The molecular formula is C24H38F6O3. The highest BCUT2D eigenvalue weighted by Gasteiger charge is 2.69. The van der Waals surface area contributed by atoms with Gasteiger partial charge in [0.25, 0.3) is 5.60 Å². The van der Waals surface area contributed by atoms with Crippen LogP contribution < -0.4 is 0 Å². The molecule has 2 fully saturated rings. The van der Waals surface area contributed by atoms with E-state index in [9.17, 15) is 41.7 Å². The molecule has 0 aliphatic heterocycles. The molecule has 2 unspecified atom stereocenters. The van der Waals surface area contributed by atoms with Crippen molar-refractivity contribution in [2.24, 2.45) is 22.7 Å². The summed E-state index contributed by atoms with van der Waals surface area (Å²) in [6.07, 6.45) is -10.7. The summed E-state index contributed by atoms with van der Waals surface area (Å²) in [7, 11) is 0. The number of rotatable bonds is 8. The number of halogens is 6. The van der Waals surface area contributed by atoms with Crippen molar-refractivity contribution in [3.8, 4) is 0 Å². The first-order valence-corrected chi connectivity index (χ1v) is 11.2. The van der Waals surface area contributed by atoms with Gasteiger partial charge in [-0.25, -0.2) is 0 Å². The molecule has 33 heavy (non-hydrogen) atoms. The van der Waals surface area contributed by atoms with E-state index in [4.69, 9.17) is 8.22 Å². The van der Waals surface area contributed by atoms with Gasteiger partial charge in [-0.15, -0.1) is 0 Å². The summed E-state index contributed by atoms with van der Waals surface area (Å²) in [6, 6.07) is 0. The fraction of sp³-hybridized carbons (Fsp3) is 0.917. The number of fused-ring (bicyclic) bond motifs is 1. The van der Waals surface area contributed by atoms with Crippen molar-refractivity contribution in [3.05, 3.63) is 12.2 Å². The van der Waals surface area contributed by atoms with E-state index in [1.165, 1.54) is 0 Å². The second-order valence-corrected chi connectivity index (χ2v) is 10.4. The number of hydrogen-bond acceptors (Lipinski definition) is 3. The van der Waals surface area contributed by atoms with Crippen LogP contribution in [0.5, 0.6) is 0 Å². The highest BCUT2D eigenvalue weighted by molar-refractivity contribution is 5.13. The molecule has 0 radical (unpaired) electrons. The van der Waals surface area contributed by atoms with Gasteiger partial charge in [0.1, 0.15) is 0 Å². The molecule has 0 bridgehead atoms. The van der Waals surface area contributed by atoms with Crippen LogP contribution in [-0.2, 0) is 0 Å². The molecule has 2 rings (SSSR count). The maximum Gasteiger partial charge on any atom is 0.429 e. The first-order chi connectivity index (χ1) is 17.3. The third-order valence-corrected chi connectivity index (χ3v) is 8.02. The molecule has 2 aliphatic carbocycles. The third-order valence-electron chi connectivity index (χ3n) is 8.02. The van der Waals surface area contributed by atoms with Crippen LogP contribution in [0.1, 0.15) is 93.6 Å². The van der Waals surface area contributed by atoms with Crippen LogP contribution in [0.2, 0.25) is 0 Å². The van der Waals surface area contributed by atoms with Gasteiger partial charge in [-0.1, -0.05) is 32.8 Å². The smallest absolute Gasteiger partial charge is 0.393 e. The van der Waals surface area contributed by atoms with Crippen LogP contribution in [0, 0.1) is 22.7 Å². The summed E-state index contributed by atoms with van der Waals surface area (Å²) in [5, 5.41) is 30.8. The van der Waals surface area contributed by atoms with Gasteiger partial charge >= 0.3 is 12.4 Å². The fourth-order valence-electron chi connectivity index (χ4n) is 6.31. The molecule has 2 aliphatic rings. The van der Waals surface area contributed by atoms with Crippen molar-refractivity contribution in [2.45, 2.75) is 115 Å². The van der Waals surface area contributed by atoms with Crippen LogP contribution in [0.3, 0.4) is 0 Å². The molecule has 0 heterocycles. The van der Waals surface area contributed by atoms with E-state index in [1.54, 1.807) is 6.92 Å². The van der Waals surface area contributed by atoms with E-state index >= 15 is 0 Å². The number of alkyl halides is 6. The summed E-state index contributed by atoms with van der Waals surface area (Å²) in [5.41, 5.74) is -9.73. The van der Waals surface area contributed by atoms with Gasteiger partial charge in [0, 0.05) is 8.22 Å². The van der Waals surface area contributed by atoms with Gasteiger partial charge in [0.05, 0.1) is 11.7 Å². The zero-order chi connectivity index (χ0) is 30.5. The molecule has 2 saturated carbocycles. The van der Waals surface area contributed by atoms with E-state index in [-0.39, 0.29) is 37.2 Å². The molecule has 0 aromatic carbocycles. The van der Waals surface area contributed by atoms with Crippen LogP contribution in [0.15, 0.2) is 12.2 Å². The van der Waals surface area contributed by atoms with Crippen LogP contribution in [-0.4, -0.2) is 45.0 Å². The molecule has 3 N–H and O–H groups in total. The van der Waals surface area contributed by atoms with Crippen molar-refractivity contribution < 1.29 is 49.9 Å². The lowest BCUT2D eigenvalue weighted by atomic mass is 9.56. The van der Waals surface area contributed by atoms with Gasteiger partial charge in [-0.05, 0) is 87.4 Å². The molecule has 0 aromatic heterocycles. The van der Waals surface area contributed by atoms with Gasteiger partial charge in [-0.2, -0.15) is 26.3 Å². The number of hydrogen-bond donors (Lipinski definition) is 3. The third kappa shape index (κ3) is 5.89. The maximum absolute atomic E-state index is 13.2. The Morgan fingerprint density at radius 1 is 1.00 bits per heavy atom. The number of allylic oxidation sites excluding steroid dienone is 1. The summed E-state index contributed by atoms with van der Waals surface area (Å²) in [4.78, 5) is 0. The predicted octanol–water partition coefficient (Wildman–Crippen LogP) is 6.31. The second kappa shape index (κ2) is 9.34. The molecule has 5 atom stereocenters. The van der Waals surface area contributed by atoms with E-state index in [1.807, 2.05) is 6.92 Å². The summed E-state index contributed by atoms with van der Waals surface area (Å²) >= 11 is 0. The van der Waals surface area contributed by atoms with Crippen molar-refractivity contribution in [3.63, 3.8) is 0 Å². The quantitative estimate of drug-likeness (QED) is 0.274. The Morgan fingerprint density at radius 3 is 2.15 bits per heavy atom. The average molecular weight is 495 g/mol. The second-order valence-electron chi connectivity index (χ2n) is 10.4. The summed E-state index contributed by atoms with van der Waals surface area (Å²) in [5.74, 6) is -0.475. The predicted molar refractivity (Wildman–Crippen MR) is 113 cm³/mol. The Hall–Kier alpha value is -0.800. The van der Waals surface area contributed by atoms with E-state index in [2.05, 4.69) is 0 Å². The highest BCUT2D eigenvalue weighted by Crippen LogP contribution is 2.62. The Bertz CT molecular complexity index is 860. The van der Waals surface area contributed by atoms with Gasteiger partial charge in [-0.3, -0.25) is 0 Å². The van der Waals surface area contributed by atoms with Crippen molar-refractivity contribution in [1.29, 1.82) is 0 Å². The minimum Gasteiger partial charge on any atom is -0.393 e. The van der Waals surface area contributed by atoms with E-state index in [0.29, 0.717) is 38.2 Å². The standard InChI is InChI=1S/C24H38F6O3/c1-19(2,32)11-6-12-20(3,13-7-15-22(33,23(25,26)27)24(28,29)30)18-10-9-16-17(31)8-5-14-21(16,18)4/h7,15-18,31-33H,5-6,8-14H2,1-4H3/b15-7-/t16?,17-,18+,20?,21-/m0/s1/i1D3,2D3. The van der Waals surface area contributed by atoms with Crippen molar-refractivity contribution in [1.82, 2.24) is 0 Å². The lowest BCUT2D eigenvalue weighted by Gasteiger charge is -2.50. The van der Waals surface area contributed by atoms with E-state index in [0.717, 1.165) is 0 Å². The number of aliphatic hydroxyl groups is 3. The molecule has 3 nitrogen and oxygen atoms in total. The molecular weight excluding hydrogens is 450 g/mol. The monoisotopic (exact) mass is 494 g/mol. The van der Waals surface area contributed by atoms with Crippen LogP contribution in [0.4, 0.5) is 26.3 Å². The summed E-state index contributed by atoms with van der Waals surface area (Å²) in [6.45, 7) is -3.01. The van der Waals surface area contributed by atoms with Crippen molar-refractivity contribution >= 4 is 0 Å². The minimum absolute atomic E-state index is 0.0225. The lowest BCUT2D eigenvalue weighted by molar-refractivity contribution is -0.347. The lowest BCUT2D eigenvalue weighted by Crippen LogP contribution is -2.55. The highest BCUT2D eigenvalue weighted by atomic mass is 19.4. The molecule has 0 amide bonds. The molecule has 194 valence electrons. The van der Waals surface area contributed by atoms with Gasteiger partial charge in [0.2, 0.25) is 0 Å². The maximum atomic E-state index is 13.2. The zero-order valence-electron chi connectivity index (χ0n) is 24.9. The largest absolute Gasteiger partial charge is 0.429 e. The molecule has 9 heteroatoms. The average Bonchev–Trinajstić information content (AvgIpc) is 3.09.